The fourth-order valence-corrected chi connectivity index (χ4v) is 2.10. The molecule has 0 spiro atoms. The fraction of sp³-hybridized carbons (Fsp3) is 0.545. The molecule has 1 aromatic heterocycles. The zero-order chi connectivity index (χ0) is 14.5. The number of aromatic nitrogens is 2. The monoisotopic (exact) mass is 297 g/mol. The maximum Gasteiger partial charge on any atom is 0.329 e. The van der Waals surface area contributed by atoms with Crippen LogP contribution in [0.5, 0.6) is 0 Å². The molecule has 0 aromatic carbocycles. The number of halogens is 1. The lowest BCUT2D eigenvalue weighted by molar-refractivity contribution is -0.384. The summed E-state index contributed by atoms with van der Waals surface area (Å²) in [6, 6.07) is 2.20. The molecule has 1 aliphatic heterocycles. The molecule has 20 heavy (non-hydrogen) atoms. The highest BCUT2D eigenvalue weighted by molar-refractivity contribution is 6.28. The van der Waals surface area contributed by atoms with Crippen LogP contribution in [-0.4, -0.2) is 27.7 Å². The van der Waals surface area contributed by atoms with Crippen molar-refractivity contribution in [2.24, 2.45) is 5.92 Å². The van der Waals surface area contributed by atoms with Crippen molar-refractivity contribution >= 4 is 23.1 Å². The van der Waals surface area contributed by atoms with Gasteiger partial charge in [-0.3, -0.25) is 10.1 Å². The number of hydrogen-bond acceptors (Lipinski definition) is 7. The lowest BCUT2D eigenvalue weighted by Crippen LogP contribution is -2.25. The number of nitrogens with zero attached hydrogens (tertiary/aromatic N) is 4. The molecule has 0 amide bonds. The summed E-state index contributed by atoms with van der Waals surface area (Å²) in [5, 5.41) is 22.6. The largest absolute Gasteiger partial charge is 0.359 e. The summed E-state index contributed by atoms with van der Waals surface area (Å²) in [5.41, 5.74) is -0.282. The van der Waals surface area contributed by atoms with E-state index < -0.39 is 11.2 Å². The highest BCUT2D eigenvalue weighted by Gasteiger charge is 2.24. The maximum atomic E-state index is 10.9. The van der Waals surface area contributed by atoms with Gasteiger partial charge in [-0.2, -0.15) is 10.2 Å². The number of hydrogen-bond donors (Lipinski definition) is 1. The van der Waals surface area contributed by atoms with Gasteiger partial charge in [-0.15, -0.1) is 0 Å². The van der Waals surface area contributed by atoms with Crippen LogP contribution in [0.1, 0.15) is 19.3 Å². The van der Waals surface area contributed by atoms with Gasteiger partial charge in [0.15, 0.2) is 0 Å². The van der Waals surface area contributed by atoms with Crippen LogP contribution in [0, 0.1) is 27.4 Å². The molecule has 0 bridgehead atoms. The van der Waals surface area contributed by atoms with Gasteiger partial charge in [0, 0.05) is 13.0 Å². The molecule has 2 heterocycles. The topological polar surface area (TPSA) is 114 Å². The van der Waals surface area contributed by atoms with Gasteiger partial charge in [-0.05, 0) is 24.4 Å². The summed E-state index contributed by atoms with van der Waals surface area (Å²) in [4.78, 5) is 17.7. The van der Waals surface area contributed by atoms with E-state index in [0.717, 1.165) is 19.0 Å². The Bertz CT molecular complexity index is 547. The van der Waals surface area contributed by atoms with E-state index in [1.807, 2.05) is 0 Å². The first-order valence-electron chi connectivity index (χ1n) is 6.05. The SMILES string of the molecule is N#CC1CCCOC(Nc2nc(Cl)ncc2[N+](=O)[O-])C1. The Morgan fingerprint density at radius 2 is 2.45 bits per heavy atom. The number of rotatable bonds is 3. The number of nitriles is 1. The Morgan fingerprint density at radius 3 is 3.15 bits per heavy atom. The molecule has 0 saturated carbocycles. The molecule has 1 N–H and O–H groups in total. The molecule has 9 heteroatoms. The van der Waals surface area contributed by atoms with Crippen LogP contribution in [0.25, 0.3) is 0 Å². The Morgan fingerprint density at radius 1 is 1.65 bits per heavy atom. The number of ether oxygens (including phenoxy) is 1. The minimum absolute atomic E-state index is 0.00131. The molecule has 2 rings (SSSR count). The molecule has 1 fully saturated rings. The summed E-state index contributed by atoms with van der Waals surface area (Å²) in [5.74, 6) is -0.148. The average molecular weight is 298 g/mol. The Kier molecular flexibility index (Phi) is 4.65. The summed E-state index contributed by atoms with van der Waals surface area (Å²) >= 11 is 5.65. The van der Waals surface area contributed by atoms with Crippen molar-refractivity contribution in [1.29, 1.82) is 5.26 Å². The van der Waals surface area contributed by atoms with Gasteiger partial charge in [0.1, 0.15) is 12.4 Å². The van der Waals surface area contributed by atoms with Crippen molar-refractivity contribution in [3.05, 3.63) is 21.6 Å². The minimum Gasteiger partial charge on any atom is -0.359 e. The second-order valence-corrected chi connectivity index (χ2v) is 4.68. The van der Waals surface area contributed by atoms with Crippen LogP contribution in [0.2, 0.25) is 5.28 Å². The highest BCUT2D eigenvalue weighted by atomic mass is 35.5. The third-order valence-electron chi connectivity index (χ3n) is 2.93. The van der Waals surface area contributed by atoms with Gasteiger partial charge in [-0.1, -0.05) is 0 Å². The lowest BCUT2D eigenvalue weighted by Gasteiger charge is -2.18. The van der Waals surface area contributed by atoms with Gasteiger partial charge in [0.05, 0.1) is 16.9 Å². The highest BCUT2D eigenvalue weighted by Crippen LogP contribution is 2.26. The molecule has 1 aromatic rings. The van der Waals surface area contributed by atoms with Crippen molar-refractivity contribution in [3.63, 3.8) is 0 Å². The van der Waals surface area contributed by atoms with Gasteiger partial charge in [-0.25, -0.2) is 4.98 Å². The normalized spacial score (nSPS) is 22.6. The van der Waals surface area contributed by atoms with Crippen molar-refractivity contribution < 1.29 is 9.66 Å². The van der Waals surface area contributed by atoms with Crippen LogP contribution >= 0.6 is 11.6 Å². The first-order valence-corrected chi connectivity index (χ1v) is 6.42. The molecule has 2 atom stereocenters. The molecular weight excluding hydrogens is 286 g/mol. The van der Waals surface area contributed by atoms with E-state index in [0.29, 0.717) is 13.0 Å². The smallest absolute Gasteiger partial charge is 0.329 e. The third kappa shape index (κ3) is 3.53. The van der Waals surface area contributed by atoms with E-state index in [4.69, 9.17) is 21.6 Å². The summed E-state index contributed by atoms with van der Waals surface area (Å²) < 4.78 is 5.53. The Hall–Kier alpha value is -1.98. The fourth-order valence-electron chi connectivity index (χ4n) is 1.96. The van der Waals surface area contributed by atoms with E-state index in [2.05, 4.69) is 21.4 Å². The van der Waals surface area contributed by atoms with E-state index in [1.165, 1.54) is 0 Å². The van der Waals surface area contributed by atoms with Crippen molar-refractivity contribution in [1.82, 2.24) is 9.97 Å². The standard InChI is InChI=1S/C11H12ClN5O3/c12-11-14-6-8(17(18)19)10(16-11)15-9-4-7(5-13)2-1-3-20-9/h6-7,9H,1-4H2,(H,14,15,16). The average Bonchev–Trinajstić information content (AvgIpc) is 2.63. The zero-order valence-electron chi connectivity index (χ0n) is 10.5. The van der Waals surface area contributed by atoms with E-state index in [9.17, 15) is 10.1 Å². The third-order valence-corrected chi connectivity index (χ3v) is 3.11. The summed E-state index contributed by atoms with van der Waals surface area (Å²) in [7, 11) is 0. The molecule has 1 aliphatic rings. The summed E-state index contributed by atoms with van der Waals surface area (Å²) in [6.07, 6.45) is 2.50. The van der Waals surface area contributed by atoms with Crippen molar-refractivity contribution in [3.8, 4) is 6.07 Å². The van der Waals surface area contributed by atoms with E-state index in [-0.39, 0.29) is 22.7 Å². The van der Waals surface area contributed by atoms with Crippen molar-refractivity contribution in [2.75, 3.05) is 11.9 Å². The predicted octanol–water partition coefficient (Wildman–Crippen LogP) is 2.12. The molecule has 0 aliphatic carbocycles. The molecule has 1 saturated heterocycles. The number of nitro groups is 1. The Labute approximate surface area is 119 Å². The molecule has 8 nitrogen and oxygen atoms in total. The quantitative estimate of drug-likeness (QED) is 0.516. The lowest BCUT2D eigenvalue weighted by atomic mass is 10.0. The van der Waals surface area contributed by atoms with Crippen LogP contribution in [0.15, 0.2) is 6.20 Å². The molecule has 0 radical (unpaired) electrons. The number of anilines is 1. The molecular formula is C11H12ClN5O3. The minimum atomic E-state index is -0.600. The Balaban J connectivity index is 2.18. The van der Waals surface area contributed by atoms with Gasteiger partial charge < -0.3 is 10.1 Å². The predicted molar refractivity (Wildman–Crippen MR) is 70.0 cm³/mol. The van der Waals surface area contributed by atoms with Crippen molar-refractivity contribution in [2.45, 2.75) is 25.5 Å². The maximum absolute atomic E-state index is 10.9. The first kappa shape index (κ1) is 14.4. The van der Waals surface area contributed by atoms with Crippen LogP contribution in [-0.2, 0) is 4.74 Å². The molecule has 106 valence electrons. The number of nitrogens with one attached hydrogen (secondary N) is 1. The molecule has 2 unspecified atom stereocenters. The van der Waals surface area contributed by atoms with E-state index in [1.54, 1.807) is 0 Å². The zero-order valence-corrected chi connectivity index (χ0v) is 11.2. The van der Waals surface area contributed by atoms with Gasteiger partial charge in [0.25, 0.3) is 0 Å². The van der Waals surface area contributed by atoms with Crippen LogP contribution in [0.4, 0.5) is 11.5 Å². The first-order chi connectivity index (χ1) is 9.60. The van der Waals surface area contributed by atoms with Gasteiger partial charge >= 0.3 is 5.69 Å². The van der Waals surface area contributed by atoms with Crippen LogP contribution in [0.3, 0.4) is 0 Å². The van der Waals surface area contributed by atoms with Crippen LogP contribution < -0.4 is 5.32 Å². The second-order valence-electron chi connectivity index (χ2n) is 4.34. The van der Waals surface area contributed by atoms with Gasteiger partial charge in [0.2, 0.25) is 11.1 Å². The van der Waals surface area contributed by atoms with E-state index >= 15 is 0 Å². The summed E-state index contributed by atoms with van der Waals surface area (Å²) in [6.45, 7) is 0.489. The second kappa shape index (κ2) is 6.45.